The fraction of sp³-hybridized carbons (Fsp3) is 0.350. The maximum absolute atomic E-state index is 14.2. The van der Waals surface area contributed by atoms with Gasteiger partial charge in [0.2, 0.25) is 11.8 Å². The van der Waals surface area contributed by atoms with Crippen LogP contribution in [0.5, 0.6) is 5.88 Å². The van der Waals surface area contributed by atoms with E-state index in [2.05, 4.69) is 4.98 Å². The number of ether oxygens (including phenoxy) is 1. The minimum Gasteiger partial charge on any atom is -0.476 e. The Hall–Kier alpha value is -2.65. The first kappa shape index (κ1) is 19.1. The van der Waals surface area contributed by atoms with Gasteiger partial charge in [0.15, 0.2) is 0 Å². The first-order valence-corrected chi connectivity index (χ1v) is 8.91. The van der Waals surface area contributed by atoms with Crippen molar-refractivity contribution in [2.45, 2.75) is 33.1 Å². The van der Waals surface area contributed by atoms with Crippen LogP contribution in [-0.4, -0.2) is 17.5 Å². The second-order valence-electron chi connectivity index (χ2n) is 7.41. The largest absolute Gasteiger partial charge is 0.476 e. The third-order valence-electron chi connectivity index (χ3n) is 4.46. The molecule has 1 aliphatic rings. The Kier molecular flexibility index (Phi) is 4.83. The number of pyridine rings is 1. The summed E-state index contributed by atoms with van der Waals surface area (Å²) < 4.78 is 19.8. The molecule has 1 aromatic heterocycles. The Morgan fingerprint density at radius 2 is 2.07 bits per heavy atom. The molecule has 1 amide bonds. The quantitative estimate of drug-likeness (QED) is 0.760. The third-order valence-corrected chi connectivity index (χ3v) is 4.73. The van der Waals surface area contributed by atoms with Crippen molar-refractivity contribution in [3.05, 3.63) is 46.4 Å². The SMILES string of the molecule is CC(C)COc1ncc(N2C(=O)C(C)(C)c3cc(C#N)c(F)cc32)cc1Cl. The molecule has 0 unspecified atom stereocenters. The highest BCUT2D eigenvalue weighted by Crippen LogP contribution is 2.46. The number of amides is 1. The predicted octanol–water partition coefficient (Wildman–Crippen LogP) is 4.74. The van der Waals surface area contributed by atoms with Crippen molar-refractivity contribution in [3.8, 4) is 11.9 Å². The van der Waals surface area contributed by atoms with Crippen molar-refractivity contribution < 1.29 is 13.9 Å². The number of carbonyl (C=O) groups excluding carboxylic acids is 1. The van der Waals surface area contributed by atoms with E-state index in [9.17, 15) is 9.18 Å². The smallest absolute Gasteiger partial charge is 0.241 e. The van der Waals surface area contributed by atoms with Crippen LogP contribution >= 0.6 is 11.6 Å². The molecule has 1 aromatic carbocycles. The predicted molar refractivity (Wildman–Crippen MR) is 101 cm³/mol. The summed E-state index contributed by atoms with van der Waals surface area (Å²) in [6, 6.07) is 6.02. The number of fused-ring (bicyclic) bond motifs is 1. The van der Waals surface area contributed by atoms with Gasteiger partial charge >= 0.3 is 0 Å². The highest BCUT2D eigenvalue weighted by atomic mass is 35.5. The van der Waals surface area contributed by atoms with Crippen LogP contribution in [0.15, 0.2) is 24.4 Å². The summed E-state index contributed by atoms with van der Waals surface area (Å²) in [5.74, 6) is -0.331. The number of nitrogens with zero attached hydrogens (tertiary/aromatic N) is 3. The normalized spacial score (nSPS) is 15.0. The topological polar surface area (TPSA) is 66.2 Å². The van der Waals surface area contributed by atoms with E-state index in [0.717, 1.165) is 0 Å². The summed E-state index contributed by atoms with van der Waals surface area (Å²) in [5.41, 5.74) is 0.383. The molecule has 0 fully saturated rings. The first-order valence-electron chi connectivity index (χ1n) is 8.53. The van der Waals surface area contributed by atoms with Gasteiger partial charge < -0.3 is 4.74 Å². The summed E-state index contributed by atoms with van der Waals surface area (Å²) in [6.45, 7) is 7.96. The fourth-order valence-electron chi connectivity index (χ4n) is 2.98. The van der Waals surface area contributed by atoms with Crippen LogP contribution in [0.4, 0.5) is 15.8 Å². The van der Waals surface area contributed by atoms with Crippen LogP contribution in [0.3, 0.4) is 0 Å². The number of hydrogen-bond donors (Lipinski definition) is 0. The molecule has 0 saturated heterocycles. The monoisotopic (exact) mass is 387 g/mol. The molecule has 0 radical (unpaired) electrons. The van der Waals surface area contributed by atoms with Gasteiger partial charge in [0.05, 0.1) is 35.2 Å². The maximum atomic E-state index is 14.2. The Labute approximate surface area is 162 Å². The summed E-state index contributed by atoms with van der Waals surface area (Å²) in [4.78, 5) is 18.6. The van der Waals surface area contributed by atoms with Crippen molar-refractivity contribution in [1.29, 1.82) is 5.26 Å². The Morgan fingerprint density at radius 3 is 2.67 bits per heavy atom. The highest BCUT2D eigenvalue weighted by Gasteiger charge is 2.45. The lowest BCUT2D eigenvalue weighted by Gasteiger charge is -2.21. The Morgan fingerprint density at radius 1 is 1.37 bits per heavy atom. The number of anilines is 2. The average Bonchev–Trinajstić information content (AvgIpc) is 2.79. The number of rotatable bonds is 4. The van der Waals surface area contributed by atoms with Gasteiger partial charge in [-0.1, -0.05) is 25.4 Å². The molecule has 3 rings (SSSR count). The van der Waals surface area contributed by atoms with Crippen LogP contribution in [0, 0.1) is 23.1 Å². The van der Waals surface area contributed by atoms with Crippen LogP contribution in [0.1, 0.15) is 38.8 Å². The number of nitriles is 1. The lowest BCUT2D eigenvalue weighted by Crippen LogP contribution is -2.33. The lowest BCUT2D eigenvalue weighted by atomic mass is 9.85. The molecule has 140 valence electrons. The van der Waals surface area contributed by atoms with Gasteiger partial charge in [0.1, 0.15) is 16.9 Å². The van der Waals surface area contributed by atoms with Gasteiger partial charge in [-0.2, -0.15) is 5.26 Å². The summed E-state index contributed by atoms with van der Waals surface area (Å²) in [7, 11) is 0. The van der Waals surface area contributed by atoms with E-state index >= 15 is 0 Å². The Balaban J connectivity index is 2.06. The van der Waals surface area contributed by atoms with E-state index < -0.39 is 11.2 Å². The van der Waals surface area contributed by atoms with E-state index in [1.54, 1.807) is 19.9 Å². The fourth-order valence-corrected chi connectivity index (χ4v) is 3.20. The molecule has 2 heterocycles. The summed E-state index contributed by atoms with van der Waals surface area (Å²) in [5, 5.41) is 9.36. The van der Waals surface area contributed by atoms with Crippen molar-refractivity contribution in [2.75, 3.05) is 11.5 Å². The van der Waals surface area contributed by atoms with E-state index in [4.69, 9.17) is 21.6 Å². The van der Waals surface area contributed by atoms with Gasteiger partial charge in [0.25, 0.3) is 0 Å². The van der Waals surface area contributed by atoms with E-state index in [0.29, 0.717) is 29.5 Å². The zero-order valence-corrected chi connectivity index (χ0v) is 16.3. The molecule has 5 nitrogen and oxygen atoms in total. The van der Waals surface area contributed by atoms with Crippen molar-refractivity contribution >= 4 is 28.9 Å². The number of carbonyl (C=O) groups is 1. The van der Waals surface area contributed by atoms with Crippen molar-refractivity contribution in [2.24, 2.45) is 5.92 Å². The zero-order chi connectivity index (χ0) is 19.9. The average molecular weight is 388 g/mol. The molecular weight excluding hydrogens is 369 g/mol. The van der Waals surface area contributed by atoms with Crippen LogP contribution in [0.25, 0.3) is 0 Å². The van der Waals surface area contributed by atoms with E-state index in [1.165, 1.54) is 23.2 Å². The van der Waals surface area contributed by atoms with Gasteiger partial charge in [0, 0.05) is 0 Å². The van der Waals surface area contributed by atoms with E-state index in [1.807, 2.05) is 19.9 Å². The number of aromatic nitrogens is 1. The molecule has 27 heavy (non-hydrogen) atoms. The number of halogens is 2. The van der Waals surface area contributed by atoms with Crippen molar-refractivity contribution in [3.63, 3.8) is 0 Å². The second-order valence-corrected chi connectivity index (χ2v) is 7.82. The number of benzene rings is 1. The molecule has 2 aromatic rings. The molecule has 0 N–H and O–H groups in total. The third kappa shape index (κ3) is 3.24. The van der Waals surface area contributed by atoms with Crippen LogP contribution in [0.2, 0.25) is 5.02 Å². The van der Waals surface area contributed by atoms with Gasteiger partial charge in [-0.25, -0.2) is 9.37 Å². The van der Waals surface area contributed by atoms with Crippen LogP contribution < -0.4 is 9.64 Å². The summed E-state index contributed by atoms with van der Waals surface area (Å²) in [6.07, 6.45) is 1.47. The first-order chi connectivity index (χ1) is 12.7. The molecule has 0 atom stereocenters. The lowest BCUT2D eigenvalue weighted by molar-refractivity contribution is -0.121. The summed E-state index contributed by atoms with van der Waals surface area (Å²) >= 11 is 6.27. The van der Waals surface area contributed by atoms with Gasteiger partial charge in [-0.05, 0) is 43.5 Å². The molecule has 1 aliphatic heterocycles. The molecule has 0 spiro atoms. The second kappa shape index (κ2) is 6.82. The van der Waals surface area contributed by atoms with Crippen LogP contribution in [-0.2, 0) is 10.2 Å². The maximum Gasteiger partial charge on any atom is 0.241 e. The highest BCUT2D eigenvalue weighted by molar-refractivity contribution is 6.32. The Bertz CT molecular complexity index is 966. The van der Waals surface area contributed by atoms with Gasteiger partial charge in [-0.3, -0.25) is 9.69 Å². The molecule has 7 heteroatoms. The van der Waals surface area contributed by atoms with Gasteiger partial charge in [-0.15, -0.1) is 0 Å². The van der Waals surface area contributed by atoms with Crippen molar-refractivity contribution in [1.82, 2.24) is 4.98 Å². The molecule has 0 aliphatic carbocycles. The molecular formula is C20H19ClFN3O2. The minimum atomic E-state index is -0.909. The molecule has 0 bridgehead atoms. The molecule has 0 saturated carbocycles. The van der Waals surface area contributed by atoms with E-state index in [-0.39, 0.29) is 22.4 Å². The minimum absolute atomic E-state index is 0.0925. The number of hydrogen-bond acceptors (Lipinski definition) is 4. The zero-order valence-electron chi connectivity index (χ0n) is 15.5. The standard InChI is InChI=1S/C20H19ClFN3O2/c1-11(2)10-27-18-15(21)6-13(9-24-18)25-17-7-16(22)12(8-23)5-14(17)20(3,4)19(25)26/h5-7,9,11H,10H2,1-4H3.